The van der Waals surface area contributed by atoms with Gasteiger partial charge in [0.05, 0.1) is 21.9 Å². The predicted molar refractivity (Wildman–Crippen MR) is 247 cm³/mol. The smallest absolute Gasteiger partial charge is 0.213 e. The summed E-state index contributed by atoms with van der Waals surface area (Å²) in [6.07, 6.45) is 0. The molecule has 0 saturated carbocycles. The van der Waals surface area contributed by atoms with Crippen LogP contribution in [0.3, 0.4) is 0 Å². The average molecular weight is 753 g/mol. The van der Waals surface area contributed by atoms with Gasteiger partial charge in [0.25, 0.3) is 0 Å². The fourth-order valence-electron chi connectivity index (χ4n) is 9.12. The number of fused-ring (bicyclic) bond motifs is 8. The molecule has 0 spiro atoms. The Labute approximate surface area is 341 Å². The second-order valence-electron chi connectivity index (χ2n) is 15.3. The minimum absolute atomic E-state index is 0.872. The molecular weight excluding hydrogens is 717 g/mol. The Morgan fingerprint density at radius 2 is 0.746 bits per heavy atom. The van der Waals surface area contributed by atoms with Gasteiger partial charge in [-0.15, -0.1) is 0 Å². The van der Waals surface area contributed by atoms with E-state index in [9.17, 15) is 0 Å². The summed E-state index contributed by atoms with van der Waals surface area (Å²) in [5, 5.41) is 5.93. The second-order valence-corrected chi connectivity index (χ2v) is 15.3. The number of nitrogens with zero attached hydrogens (tertiary/aromatic N) is 2. The molecule has 0 N–H and O–H groups in total. The van der Waals surface area contributed by atoms with Gasteiger partial charge >= 0.3 is 0 Å². The fourth-order valence-corrected chi connectivity index (χ4v) is 9.12. The van der Waals surface area contributed by atoms with Crippen LogP contribution in [0.4, 0.5) is 0 Å². The first-order valence-electron chi connectivity index (χ1n) is 20.2. The van der Waals surface area contributed by atoms with Crippen molar-refractivity contribution < 1.29 is 4.42 Å². The van der Waals surface area contributed by atoms with Crippen molar-refractivity contribution in [3.8, 4) is 55.9 Å². The van der Waals surface area contributed by atoms with Gasteiger partial charge in [-0.2, -0.15) is 0 Å². The molecule has 0 aliphatic rings. The van der Waals surface area contributed by atoms with E-state index < -0.39 is 0 Å². The summed E-state index contributed by atoms with van der Waals surface area (Å²) < 4.78 is 11.2. The van der Waals surface area contributed by atoms with Crippen LogP contribution in [0, 0.1) is 0 Å². The number of hydrogen-bond donors (Lipinski definition) is 0. The van der Waals surface area contributed by atoms with Crippen LogP contribution >= 0.6 is 0 Å². The van der Waals surface area contributed by atoms with Crippen LogP contribution in [-0.2, 0) is 0 Å². The van der Waals surface area contributed by atoms with Crippen LogP contribution in [0.25, 0.3) is 111 Å². The van der Waals surface area contributed by atoms with Gasteiger partial charge in [-0.3, -0.25) is 4.57 Å². The summed E-state index contributed by atoms with van der Waals surface area (Å²) in [5.41, 5.74) is 17.0. The molecule has 0 atom stereocenters. The molecule has 9 aromatic carbocycles. The highest BCUT2D eigenvalue weighted by Crippen LogP contribution is 2.42. The molecule has 59 heavy (non-hydrogen) atoms. The van der Waals surface area contributed by atoms with E-state index >= 15 is 0 Å². The van der Waals surface area contributed by atoms with Gasteiger partial charge < -0.3 is 8.98 Å². The van der Waals surface area contributed by atoms with Crippen molar-refractivity contribution in [2.24, 2.45) is 0 Å². The van der Waals surface area contributed by atoms with Gasteiger partial charge in [-0.05, 0) is 111 Å². The molecule has 0 radical (unpaired) electrons. The predicted octanol–water partition coefficient (Wildman–Crippen LogP) is 15.3. The summed E-state index contributed by atoms with van der Waals surface area (Å²) in [6, 6.07) is 78.7. The third kappa shape index (κ3) is 5.44. The van der Waals surface area contributed by atoms with E-state index in [-0.39, 0.29) is 0 Å². The summed E-state index contributed by atoms with van der Waals surface area (Å²) in [5.74, 6) is 0. The van der Waals surface area contributed by atoms with E-state index in [4.69, 9.17) is 4.42 Å². The normalized spacial score (nSPS) is 11.7. The van der Waals surface area contributed by atoms with Gasteiger partial charge in [-0.1, -0.05) is 152 Å². The van der Waals surface area contributed by atoms with Crippen LogP contribution in [0.1, 0.15) is 0 Å². The van der Waals surface area contributed by atoms with Crippen molar-refractivity contribution in [3.05, 3.63) is 218 Å². The van der Waals surface area contributed by atoms with Crippen molar-refractivity contribution in [1.82, 2.24) is 9.13 Å². The van der Waals surface area contributed by atoms with Crippen LogP contribution in [0.5, 0.6) is 0 Å². The Morgan fingerprint density at radius 3 is 1.39 bits per heavy atom. The standard InChI is InChI=1S/C56H36N2O/c1-4-14-37(15-5-1)43-32-44(38-16-6-2-7-17-38)34-46(33-43)57-51-22-12-10-20-47(51)49-35-41(28-30-52(49)57)39-24-26-40(27-25-39)42-29-31-53-50(36-42)55-48-21-11-13-23-54(48)59-56(55)58(53)45-18-8-3-9-19-45/h1-36H. The molecule has 0 saturated heterocycles. The number of hydrogen-bond acceptors (Lipinski definition) is 1. The molecule has 0 unspecified atom stereocenters. The Morgan fingerprint density at radius 1 is 0.271 bits per heavy atom. The lowest BCUT2D eigenvalue weighted by atomic mass is 9.97. The maximum atomic E-state index is 6.53. The Hall–Kier alpha value is -7.88. The van der Waals surface area contributed by atoms with E-state index in [2.05, 4.69) is 221 Å². The molecule has 0 aliphatic heterocycles. The first kappa shape index (κ1) is 33.3. The van der Waals surface area contributed by atoms with Crippen molar-refractivity contribution in [2.45, 2.75) is 0 Å². The van der Waals surface area contributed by atoms with Gasteiger partial charge in [0.15, 0.2) is 0 Å². The van der Waals surface area contributed by atoms with Crippen LogP contribution in [-0.4, -0.2) is 9.13 Å². The van der Waals surface area contributed by atoms with Gasteiger partial charge in [-0.25, -0.2) is 0 Å². The molecule has 276 valence electrons. The molecule has 12 aromatic rings. The summed E-state index contributed by atoms with van der Waals surface area (Å²) >= 11 is 0. The van der Waals surface area contributed by atoms with Crippen LogP contribution < -0.4 is 0 Å². The molecular formula is C56H36N2O. The van der Waals surface area contributed by atoms with Crippen LogP contribution in [0.15, 0.2) is 223 Å². The number of benzene rings is 9. The zero-order valence-corrected chi connectivity index (χ0v) is 32.1. The molecule has 3 heteroatoms. The topological polar surface area (TPSA) is 23.0 Å². The fraction of sp³-hybridized carbons (Fsp3) is 0. The minimum atomic E-state index is 0.872. The van der Waals surface area contributed by atoms with Crippen molar-refractivity contribution in [1.29, 1.82) is 0 Å². The van der Waals surface area contributed by atoms with Crippen molar-refractivity contribution >= 4 is 54.8 Å². The van der Waals surface area contributed by atoms with E-state index in [0.717, 1.165) is 39.0 Å². The Balaban J connectivity index is 0.958. The van der Waals surface area contributed by atoms with Gasteiger partial charge in [0, 0.05) is 32.9 Å². The third-order valence-corrected chi connectivity index (χ3v) is 11.9. The highest BCUT2D eigenvalue weighted by Gasteiger charge is 2.20. The minimum Gasteiger partial charge on any atom is -0.439 e. The van der Waals surface area contributed by atoms with Crippen molar-refractivity contribution in [2.75, 3.05) is 0 Å². The lowest BCUT2D eigenvalue weighted by Gasteiger charge is -2.14. The molecule has 3 heterocycles. The first-order chi connectivity index (χ1) is 29.2. The molecule has 3 nitrogen and oxygen atoms in total. The quantitative estimate of drug-likeness (QED) is 0.166. The largest absolute Gasteiger partial charge is 0.439 e. The number of furan rings is 1. The van der Waals surface area contributed by atoms with E-state index in [1.54, 1.807) is 0 Å². The highest BCUT2D eigenvalue weighted by atomic mass is 16.3. The Bertz CT molecular complexity index is 3460. The van der Waals surface area contributed by atoms with Gasteiger partial charge in [0.2, 0.25) is 5.71 Å². The van der Waals surface area contributed by atoms with E-state index in [1.807, 2.05) is 6.07 Å². The zero-order valence-electron chi connectivity index (χ0n) is 32.1. The SMILES string of the molecule is c1ccc(-c2cc(-c3ccccc3)cc(-n3c4ccccc4c4cc(-c5ccc(-c6ccc7c(c6)c6c8ccccc8oc6n7-c6ccccc6)cc5)ccc43)c2)cc1. The average Bonchev–Trinajstić information content (AvgIpc) is 3.96. The van der Waals surface area contributed by atoms with Gasteiger partial charge in [0.1, 0.15) is 5.58 Å². The maximum Gasteiger partial charge on any atom is 0.213 e. The van der Waals surface area contributed by atoms with E-state index in [1.165, 1.54) is 71.7 Å². The molecule has 0 aliphatic carbocycles. The molecule has 12 rings (SSSR count). The van der Waals surface area contributed by atoms with E-state index in [0.29, 0.717) is 0 Å². The number of para-hydroxylation sites is 3. The first-order valence-corrected chi connectivity index (χ1v) is 20.2. The zero-order chi connectivity index (χ0) is 38.9. The summed E-state index contributed by atoms with van der Waals surface area (Å²) in [6.45, 7) is 0. The number of rotatable bonds is 6. The summed E-state index contributed by atoms with van der Waals surface area (Å²) in [7, 11) is 0. The summed E-state index contributed by atoms with van der Waals surface area (Å²) in [4.78, 5) is 0. The highest BCUT2D eigenvalue weighted by molar-refractivity contribution is 6.20. The number of aromatic nitrogens is 2. The van der Waals surface area contributed by atoms with Crippen molar-refractivity contribution in [3.63, 3.8) is 0 Å². The maximum absolute atomic E-state index is 6.53. The monoisotopic (exact) mass is 752 g/mol. The second kappa shape index (κ2) is 13.4. The molecule has 3 aromatic heterocycles. The Kier molecular flexibility index (Phi) is 7.54. The molecule has 0 bridgehead atoms. The lowest BCUT2D eigenvalue weighted by Crippen LogP contribution is -1.96. The molecule has 0 fully saturated rings. The van der Waals surface area contributed by atoms with Crippen LogP contribution in [0.2, 0.25) is 0 Å². The lowest BCUT2D eigenvalue weighted by molar-refractivity contribution is 0.645. The molecule has 0 amide bonds. The third-order valence-electron chi connectivity index (χ3n) is 11.9.